The molecule has 9 heteroatoms. The van der Waals surface area contributed by atoms with Gasteiger partial charge in [-0.2, -0.15) is 4.98 Å². The van der Waals surface area contributed by atoms with Gasteiger partial charge in [0.1, 0.15) is 5.82 Å². The van der Waals surface area contributed by atoms with E-state index in [0.29, 0.717) is 31.4 Å². The summed E-state index contributed by atoms with van der Waals surface area (Å²) in [5.74, 6) is 0.957. The Balaban J connectivity index is 1.42. The van der Waals surface area contributed by atoms with Gasteiger partial charge in [0.2, 0.25) is 11.7 Å². The van der Waals surface area contributed by atoms with E-state index in [4.69, 9.17) is 14.4 Å². The molecule has 1 saturated heterocycles. The van der Waals surface area contributed by atoms with Gasteiger partial charge < -0.3 is 19.7 Å². The lowest BCUT2D eigenvalue weighted by Gasteiger charge is -2.21. The van der Waals surface area contributed by atoms with Crippen molar-refractivity contribution in [1.82, 2.24) is 20.0 Å². The third kappa shape index (κ3) is 5.07. The molecule has 2 N–H and O–H groups in total. The van der Waals surface area contributed by atoms with Crippen molar-refractivity contribution in [2.45, 2.75) is 25.4 Å². The second kappa shape index (κ2) is 9.67. The maximum Gasteiger partial charge on any atom is 0.335 e. The fraction of sp³-hybridized carbons (Fsp3) is 0.364. The molecular weight excluding hydrogens is 398 g/mol. The molecule has 1 aromatic carbocycles. The van der Waals surface area contributed by atoms with Crippen LogP contribution in [0, 0.1) is 0 Å². The van der Waals surface area contributed by atoms with Crippen LogP contribution >= 0.6 is 0 Å². The van der Waals surface area contributed by atoms with Crippen molar-refractivity contribution in [2.24, 2.45) is 0 Å². The van der Waals surface area contributed by atoms with Crippen molar-refractivity contribution in [1.29, 1.82) is 0 Å². The van der Waals surface area contributed by atoms with Crippen LogP contribution in [-0.4, -0.2) is 57.9 Å². The van der Waals surface area contributed by atoms with Crippen LogP contribution in [-0.2, 0) is 11.3 Å². The average molecular weight is 423 g/mol. The Bertz CT molecular complexity index is 1000. The number of benzene rings is 1. The molecule has 1 atom stereocenters. The van der Waals surface area contributed by atoms with E-state index >= 15 is 0 Å². The Kier molecular flexibility index (Phi) is 6.54. The Hall–Kier alpha value is -3.30. The molecule has 0 radical (unpaired) electrons. The molecule has 0 amide bonds. The minimum Gasteiger partial charge on any atom is -0.478 e. The number of carbonyl (C=O) groups is 1. The van der Waals surface area contributed by atoms with Gasteiger partial charge in [0, 0.05) is 32.0 Å². The summed E-state index contributed by atoms with van der Waals surface area (Å²) in [6, 6.07) is 10.8. The van der Waals surface area contributed by atoms with Crippen molar-refractivity contribution >= 4 is 11.8 Å². The summed E-state index contributed by atoms with van der Waals surface area (Å²) < 4.78 is 10.6. The number of rotatable bonds is 9. The highest BCUT2D eigenvalue weighted by molar-refractivity contribution is 5.87. The number of nitrogens with one attached hydrogen (secondary N) is 1. The lowest BCUT2D eigenvalue weighted by Crippen LogP contribution is -2.23. The van der Waals surface area contributed by atoms with Gasteiger partial charge in [0.25, 0.3) is 0 Å². The SMILES string of the molecule is COCCNc1ccc(-c2noc(C3CCCN3Cc3ccc(C(=O)O)cc3)n2)cn1. The van der Waals surface area contributed by atoms with Crippen molar-refractivity contribution in [3.05, 3.63) is 59.6 Å². The largest absolute Gasteiger partial charge is 0.478 e. The summed E-state index contributed by atoms with van der Waals surface area (Å²) in [6.07, 6.45) is 3.70. The summed E-state index contributed by atoms with van der Waals surface area (Å²) in [6.45, 7) is 2.92. The number of anilines is 1. The standard InChI is InChI=1S/C22H25N5O4/c1-30-12-10-23-19-9-8-17(13-24-19)20-25-21(31-26-20)18-3-2-11-27(18)14-15-4-6-16(7-5-15)22(28)29/h4-9,13,18H,2-3,10-12,14H2,1H3,(H,23,24)(H,28,29). The normalized spacial score (nSPS) is 16.5. The number of carboxylic acids is 1. The minimum absolute atomic E-state index is 0.0448. The first-order valence-corrected chi connectivity index (χ1v) is 10.2. The van der Waals surface area contributed by atoms with Crippen LogP contribution in [0.5, 0.6) is 0 Å². The van der Waals surface area contributed by atoms with Crippen molar-refractivity contribution in [3.8, 4) is 11.4 Å². The van der Waals surface area contributed by atoms with Gasteiger partial charge >= 0.3 is 5.97 Å². The number of ether oxygens (including phenoxy) is 1. The molecule has 1 unspecified atom stereocenters. The van der Waals surface area contributed by atoms with Gasteiger partial charge in [0.15, 0.2) is 0 Å². The number of carboxylic acid groups (broad SMARTS) is 1. The number of aromatic carboxylic acids is 1. The van der Waals surface area contributed by atoms with Crippen LogP contribution in [0.1, 0.15) is 40.7 Å². The molecule has 162 valence electrons. The summed E-state index contributed by atoms with van der Waals surface area (Å²) in [7, 11) is 1.66. The minimum atomic E-state index is -0.919. The summed E-state index contributed by atoms with van der Waals surface area (Å²) >= 11 is 0. The zero-order chi connectivity index (χ0) is 21.6. The highest BCUT2D eigenvalue weighted by atomic mass is 16.5. The molecular formula is C22H25N5O4. The van der Waals surface area contributed by atoms with Crippen LogP contribution in [0.2, 0.25) is 0 Å². The lowest BCUT2D eigenvalue weighted by molar-refractivity contribution is 0.0697. The van der Waals surface area contributed by atoms with E-state index < -0.39 is 5.97 Å². The third-order valence-corrected chi connectivity index (χ3v) is 5.31. The third-order valence-electron chi connectivity index (χ3n) is 5.31. The van der Waals surface area contributed by atoms with E-state index in [-0.39, 0.29) is 11.6 Å². The first kappa shape index (κ1) is 21.0. The number of nitrogens with zero attached hydrogens (tertiary/aromatic N) is 4. The van der Waals surface area contributed by atoms with Crippen molar-refractivity contribution in [3.63, 3.8) is 0 Å². The van der Waals surface area contributed by atoms with Gasteiger partial charge in [-0.05, 0) is 49.2 Å². The number of aromatic nitrogens is 3. The molecule has 2 aromatic heterocycles. The van der Waals surface area contributed by atoms with Crippen LogP contribution in [0.25, 0.3) is 11.4 Å². The second-order valence-corrected chi connectivity index (χ2v) is 7.44. The first-order valence-electron chi connectivity index (χ1n) is 10.2. The van der Waals surface area contributed by atoms with E-state index in [0.717, 1.165) is 36.3 Å². The molecule has 1 aliphatic heterocycles. The van der Waals surface area contributed by atoms with E-state index in [2.05, 4.69) is 25.3 Å². The highest BCUT2D eigenvalue weighted by Gasteiger charge is 2.30. The molecule has 0 saturated carbocycles. The monoisotopic (exact) mass is 423 g/mol. The summed E-state index contributed by atoms with van der Waals surface area (Å²) in [5.41, 5.74) is 2.13. The number of hydrogen-bond donors (Lipinski definition) is 2. The fourth-order valence-electron chi connectivity index (χ4n) is 3.68. The van der Waals surface area contributed by atoms with Gasteiger partial charge in [-0.1, -0.05) is 17.3 Å². The maximum atomic E-state index is 11.0. The smallest absolute Gasteiger partial charge is 0.335 e. The quantitative estimate of drug-likeness (QED) is 0.501. The first-order chi connectivity index (χ1) is 15.1. The molecule has 0 spiro atoms. The predicted octanol–water partition coefficient (Wildman–Crippen LogP) is 3.23. The molecule has 3 aromatic rings. The van der Waals surface area contributed by atoms with E-state index in [1.165, 1.54) is 0 Å². The number of pyridine rings is 1. The average Bonchev–Trinajstić information content (AvgIpc) is 3.44. The topological polar surface area (TPSA) is 114 Å². The molecule has 0 aliphatic carbocycles. The summed E-state index contributed by atoms with van der Waals surface area (Å²) in [5, 5.41) is 16.4. The number of likely N-dealkylation sites (tertiary alicyclic amines) is 1. The van der Waals surface area contributed by atoms with Crippen molar-refractivity contribution in [2.75, 3.05) is 32.1 Å². The number of hydrogen-bond acceptors (Lipinski definition) is 8. The van der Waals surface area contributed by atoms with E-state index in [1.807, 2.05) is 24.3 Å². The van der Waals surface area contributed by atoms with Crippen LogP contribution in [0.3, 0.4) is 0 Å². The highest BCUT2D eigenvalue weighted by Crippen LogP contribution is 2.33. The zero-order valence-corrected chi connectivity index (χ0v) is 17.3. The Morgan fingerprint density at radius 3 is 2.84 bits per heavy atom. The fourth-order valence-corrected chi connectivity index (χ4v) is 3.68. The van der Waals surface area contributed by atoms with Gasteiger partial charge in [-0.15, -0.1) is 0 Å². The predicted molar refractivity (Wildman–Crippen MR) is 114 cm³/mol. The van der Waals surface area contributed by atoms with Gasteiger partial charge in [-0.25, -0.2) is 9.78 Å². The molecule has 1 aliphatic rings. The van der Waals surface area contributed by atoms with Crippen LogP contribution in [0.4, 0.5) is 5.82 Å². The number of methoxy groups -OCH3 is 1. The summed E-state index contributed by atoms with van der Waals surface area (Å²) in [4.78, 5) is 22.3. The van der Waals surface area contributed by atoms with E-state index in [9.17, 15) is 4.79 Å². The zero-order valence-electron chi connectivity index (χ0n) is 17.3. The second-order valence-electron chi connectivity index (χ2n) is 7.44. The maximum absolute atomic E-state index is 11.0. The van der Waals surface area contributed by atoms with Crippen molar-refractivity contribution < 1.29 is 19.2 Å². The van der Waals surface area contributed by atoms with Gasteiger partial charge in [-0.3, -0.25) is 4.90 Å². The molecule has 4 rings (SSSR count). The molecule has 0 bridgehead atoms. The Morgan fingerprint density at radius 2 is 2.13 bits per heavy atom. The Labute approximate surface area is 180 Å². The molecule has 1 fully saturated rings. The molecule has 9 nitrogen and oxygen atoms in total. The van der Waals surface area contributed by atoms with Crippen LogP contribution < -0.4 is 5.32 Å². The van der Waals surface area contributed by atoms with E-state index in [1.54, 1.807) is 25.4 Å². The Morgan fingerprint density at radius 1 is 1.29 bits per heavy atom. The lowest BCUT2D eigenvalue weighted by atomic mass is 10.1. The van der Waals surface area contributed by atoms with Crippen LogP contribution in [0.15, 0.2) is 47.1 Å². The molecule has 3 heterocycles. The molecule has 31 heavy (non-hydrogen) atoms. The van der Waals surface area contributed by atoms with Gasteiger partial charge in [0.05, 0.1) is 18.2 Å².